The van der Waals surface area contributed by atoms with Crippen molar-refractivity contribution >= 4 is 37.3 Å². The molecular weight excluding hydrogens is 727 g/mol. The zero-order chi connectivity index (χ0) is 30.7. The molecule has 5 rings (SSSR count). The molecule has 4 aromatic rings. The van der Waals surface area contributed by atoms with Crippen LogP contribution in [0.1, 0.15) is 105 Å². The molecule has 0 saturated heterocycles. The van der Waals surface area contributed by atoms with Gasteiger partial charge in [-0.1, -0.05) is 67.5 Å². The molecule has 233 valence electrons. The number of carbonyl (C=O) groups is 1. The maximum atomic E-state index is 11.7. The molecule has 3 nitrogen and oxygen atoms in total. The molecule has 1 aliphatic rings. The molecule has 2 aromatic carbocycles. The van der Waals surface area contributed by atoms with Gasteiger partial charge in [-0.3, -0.25) is 4.79 Å². The minimum Gasteiger partial charge on any atom is -0.512 e. The van der Waals surface area contributed by atoms with Gasteiger partial charge < -0.3 is 10.1 Å². The van der Waals surface area contributed by atoms with Crippen LogP contribution in [-0.2, 0) is 35.7 Å². The van der Waals surface area contributed by atoms with Crippen molar-refractivity contribution in [2.75, 3.05) is 0 Å². The summed E-state index contributed by atoms with van der Waals surface area (Å²) in [6.45, 7) is 17.7. The number of ketones is 1. The second kappa shape index (κ2) is 14.6. The Morgan fingerprint density at radius 3 is 2.21 bits per heavy atom. The largest absolute Gasteiger partial charge is 0.512 e. The fraction of sp³-hybridized carbons (Fsp3) is 0.474. The molecule has 0 spiro atoms. The van der Waals surface area contributed by atoms with Gasteiger partial charge in [-0.05, 0) is 83.0 Å². The number of hydrogen-bond donors (Lipinski definition) is 1. The van der Waals surface area contributed by atoms with Gasteiger partial charge in [-0.25, -0.2) is 0 Å². The van der Waals surface area contributed by atoms with Gasteiger partial charge in [0.25, 0.3) is 0 Å². The zero-order valence-corrected chi connectivity index (χ0v) is 30.3. The van der Waals surface area contributed by atoms with Crippen molar-refractivity contribution in [3.63, 3.8) is 0 Å². The number of hydrogen-bond acceptors (Lipinski definition) is 4. The number of aromatic nitrogens is 1. The molecular formula is C38H48IrNO2S-. The first-order valence-electron chi connectivity index (χ1n) is 15.8. The Morgan fingerprint density at radius 1 is 0.953 bits per heavy atom. The predicted octanol–water partition coefficient (Wildman–Crippen LogP) is 11.1. The molecule has 0 amide bonds. The fourth-order valence-electron chi connectivity index (χ4n) is 6.43. The van der Waals surface area contributed by atoms with E-state index >= 15 is 0 Å². The molecule has 0 bridgehead atoms. The van der Waals surface area contributed by atoms with Crippen LogP contribution < -0.4 is 0 Å². The number of aliphatic hydroxyl groups is 1. The minimum atomic E-state index is 0. The monoisotopic (exact) mass is 775 g/mol. The van der Waals surface area contributed by atoms with Crippen LogP contribution in [0.15, 0.2) is 60.5 Å². The van der Waals surface area contributed by atoms with Crippen molar-refractivity contribution in [2.45, 2.75) is 105 Å². The molecule has 2 aromatic heterocycles. The van der Waals surface area contributed by atoms with E-state index in [0.717, 1.165) is 36.9 Å². The Balaban J connectivity index is 0.000000274. The Hall–Kier alpha value is -2.33. The fourth-order valence-corrected chi connectivity index (χ4v) is 7.86. The van der Waals surface area contributed by atoms with E-state index in [4.69, 9.17) is 4.98 Å². The van der Waals surface area contributed by atoms with E-state index in [1.165, 1.54) is 44.7 Å². The smallest absolute Gasteiger partial charge is 0.162 e. The Morgan fingerprint density at radius 2 is 1.60 bits per heavy atom. The SMILES string of the molecule is CC1(C)CCC(C)(C)c2c1ccc1c2sc2ccnc(-c3[c-]cccc3)c21.CCC(CC)C(=O)/C=C(\O)C(CC)CC.[Ir]. The number of aliphatic hydroxyl groups excluding tert-OH is 1. The van der Waals surface area contributed by atoms with E-state index in [1.54, 1.807) is 5.56 Å². The van der Waals surface area contributed by atoms with Crippen molar-refractivity contribution < 1.29 is 30.0 Å². The first kappa shape index (κ1) is 35.2. The van der Waals surface area contributed by atoms with Gasteiger partial charge in [0.1, 0.15) is 0 Å². The first-order chi connectivity index (χ1) is 20.0. The number of fused-ring (bicyclic) bond motifs is 5. The van der Waals surface area contributed by atoms with Gasteiger partial charge >= 0.3 is 0 Å². The second-order valence-corrected chi connectivity index (χ2v) is 14.1. The maximum absolute atomic E-state index is 11.7. The third-order valence-corrected chi connectivity index (χ3v) is 10.6. The Labute approximate surface area is 276 Å². The van der Waals surface area contributed by atoms with E-state index in [2.05, 4.69) is 64.1 Å². The molecule has 5 heteroatoms. The standard InChI is InChI=1S/C25H24NS.C13H24O2.Ir/c1-24(2)13-14-25(3,4)21-18(24)11-10-17-20-19(27-23(17)21)12-15-26-22(20)16-8-6-5-7-9-16;1-5-10(6-2)12(14)9-13(15)11(7-3)8-4;/h5-8,10-12,15H,13-14H2,1-4H3;9-11,14H,5-8H2,1-4H3;/q-1;;/b;12-9-;. The van der Waals surface area contributed by atoms with Gasteiger partial charge in [0, 0.05) is 53.6 Å². The van der Waals surface area contributed by atoms with E-state index in [9.17, 15) is 9.90 Å². The summed E-state index contributed by atoms with van der Waals surface area (Å²) in [6, 6.07) is 18.4. The van der Waals surface area contributed by atoms with Crippen molar-refractivity contribution in [1.82, 2.24) is 4.98 Å². The topological polar surface area (TPSA) is 50.2 Å². The molecule has 1 radical (unpaired) electrons. The summed E-state index contributed by atoms with van der Waals surface area (Å²) in [4.78, 5) is 16.5. The van der Waals surface area contributed by atoms with E-state index in [1.807, 2.05) is 57.4 Å². The average Bonchev–Trinajstić information content (AvgIpc) is 3.36. The number of thiophene rings is 1. The average molecular weight is 775 g/mol. The molecule has 1 aliphatic carbocycles. The van der Waals surface area contributed by atoms with Crippen LogP contribution in [-0.4, -0.2) is 15.9 Å². The molecule has 0 atom stereocenters. The first-order valence-corrected chi connectivity index (χ1v) is 16.6. The van der Waals surface area contributed by atoms with Gasteiger partial charge in [0.2, 0.25) is 0 Å². The van der Waals surface area contributed by atoms with Crippen molar-refractivity contribution in [3.05, 3.63) is 77.7 Å². The molecule has 43 heavy (non-hydrogen) atoms. The number of allylic oxidation sites excluding steroid dienone is 2. The van der Waals surface area contributed by atoms with Crippen LogP contribution in [0.5, 0.6) is 0 Å². The van der Waals surface area contributed by atoms with Crippen molar-refractivity contribution in [2.24, 2.45) is 11.8 Å². The Bertz CT molecular complexity index is 1560. The summed E-state index contributed by atoms with van der Waals surface area (Å²) in [5.41, 5.74) is 5.65. The molecule has 0 aliphatic heterocycles. The van der Waals surface area contributed by atoms with Crippen LogP contribution in [0.2, 0.25) is 0 Å². The molecule has 1 N–H and O–H groups in total. The molecule has 0 fully saturated rings. The number of pyridine rings is 1. The summed E-state index contributed by atoms with van der Waals surface area (Å²) < 4.78 is 2.77. The Kier molecular flexibility index (Phi) is 12.0. The van der Waals surface area contributed by atoms with E-state index in [-0.39, 0.29) is 54.3 Å². The summed E-state index contributed by atoms with van der Waals surface area (Å²) >= 11 is 1.93. The second-order valence-electron chi connectivity index (χ2n) is 13.0. The molecule has 0 unspecified atom stereocenters. The quantitative estimate of drug-likeness (QED) is 0.110. The summed E-state index contributed by atoms with van der Waals surface area (Å²) in [5.74, 6) is 0.547. The van der Waals surface area contributed by atoms with Gasteiger partial charge in [-0.15, -0.1) is 47.2 Å². The third kappa shape index (κ3) is 7.32. The number of rotatable bonds is 8. The zero-order valence-electron chi connectivity index (χ0n) is 27.1. The summed E-state index contributed by atoms with van der Waals surface area (Å²) in [6.07, 6.45) is 9.33. The van der Waals surface area contributed by atoms with Crippen LogP contribution in [0.4, 0.5) is 0 Å². The maximum Gasteiger partial charge on any atom is 0.162 e. The van der Waals surface area contributed by atoms with Crippen LogP contribution >= 0.6 is 11.3 Å². The molecule has 0 saturated carbocycles. The normalized spacial score (nSPS) is 15.6. The van der Waals surface area contributed by atoms with E-state index < -0.39 is 0 Å². The molecule has 2 heterocycles. The predicted molar refractivity (Wildman–Crippen MR) is 181 cm³/mol. The van der Waals surface area contributed by atoms with Gasteiger partial charge in [-0.2, -0.15) is 0 Å². The van der Waals surface area contributed by atoms with E-state index in [0.29, 0.717) is 0 Å². The van der Waals surface area contributed by atoms with Gasteiger partial charge in [0.15, 0.2) is 5.78 Å². The van der Waals surface area contributed by atoms with Crippen LogP contribution in [0.3, 0.4) is 0 Å². The third-order valence-electron chi connectivity index (χ3n) is 9.38. The van der Waals surface area contributed by atoms with Crippen LogP contribution in [0, 0.1) is 17.9 Å². The number of benzene rings is 2. The van der Waals surface area contributed by atoms with Gasteiger partial charge in [0.05, 0.1) is 5.76 Å². The summed E-state index contributed by atoms with van der Waals surface area (Å²) in [7, 11) is 0. The van der Waals surface area contributed by atoms with Crippen molar-refractivity contribution in [3.8, 4) is 11.3 Å². The number of nitrogens with zero attached hydrogens (tertiary/aromatic N) is 1. The van der Waals surface area contributed by atoms with Crippen molar-refractivity contribution in [1.29, 1.82) is 0 Å². The number of carbonyl (C=O) groups excluding carboxylic acids is 1. The summed E-state index contributed by atoms with van der Waals surface area (Å²) in [5, 5.41) is 12.4. The minimum absolute atomic E-state index is 0. The van der Waals surface area contributed by atoms with Crippen LogP contribution in [0.25, 0.3) is 31.4 Å².